The topological polar surface area (TPSA) is 46.2 Å². The van der Waals surface area contributed by atoms with Crippen LogP contribution in [0.15, 0.2) is 30.3 Å². The molecule has 17 heavy (non-hydrogen) atoms. The maximum atomic E-state index is 11.9. The van der Waals surface area contributed by atoms with E-state index in [1.54, 1.807) is 6.92 Å². The molecule has 1 N–H and O–H groups in total. The van der Waals surface area contributed by atoms with Crippen LogP contribution in [0.1, 0.15) is 20.8 Å². The zero-order valence-electron chi connectivity index (χ0n) is 10.7. The molecule has 0 aliphatic heterocycles. The SMILES string of the molecule is CC(C)CS(=O)(=O)C(C)CNc1ccccc1. The summed E-state index contributed by atoms with van der Waals surface area (Å²) < 4.78 is 23.8. The highest BCUT2D eigenvalue weighted by Crippen LogP contribution is 2.10. The molecular weight excluding hydrogens is 234 g/mol. The summed E-state index contributed by atoms with van der Waals surface area (Å²) in [6, 6.07) is 9.65. The van der Waals surface area contributed by atoms with Crippen LogP contribution in [0.3, 0.4) is 0 Å². The second kappa shape index (κ2) is 6.05. The van der Waals surface area contributed by atoms with Crippen LogP contribution in [0.25, 0.3) is 0 Å². The number of sulfone groups is 1. The molecule has 96 valence electrons. The Hall–Kier alpha value is -1.03. The van der Waals surface area contributed by atoms with Crippen LogP contribution < -0.4 is 5.32 Å². The van der Waals surface area contributed by atoms with Gasteiger partial charge < -0.3 is 5.32 Å². The molecular formula is C13H21NO2S. The minimum Gasteiger partial charge on any atom is -0.384 e. The van der Waals surface area contributed by atoms with Gasteiger partial charge >= 0.3 is 0 Å². The molecule has 1 aromatic carbocycles. The Balaban J connectivity index is 2.52. The molecule has 0 saturated carbocycles. The van der Waals surface area contributed by atoms with Crippen LogP contribution in [-0.4, -0.2) is 26.0 Å². The van der Waals surface area contributed by atoms with Crippen molar-refractivity contribution in [3.63, 3.8) is 0 Å². The van der Waals surface area contributed by atoms with Gasteiger partial charge in [0.1, 0.15) is 0 Å². The van der Waals surface area contributed by atoms with Crippen molar-refractivity contribution in [1.29, 1.82) is 0 Å². The fourth-order valence-electron chi connectivity index (χ4n) is 1.57. The van der Waals surface area contributed by atoms with E-state index in [2.05, 4.69) is 5.32 Å². The Morgan fingerprint density at radius 3 is 2.24 bits per heavy atom. The number of anilines is 1. The molecule has 0 saturated heterocycles. The number of hydrogen-bond donors (Lipinski definition) is 1. The molecule has 0 fully saturated rings. The molecule has 0 amide bonds. The quantitative estimate of drug-likeness (QED) is 0.849. The Labute approximate surface area is 104 Å². The fourth-order valence-corrected chi connectivity index (χ4v) is 3.17. The summed E-state index contributed by atoms with van der Waals surface area (Å²) in [4.78, 5) is 0. The van der Waals surface area contributed by atoms with Crippen molar-refractivity contribution in [3.8, 4) is 0 Å². The summed E-state index contributed by atoms with van der Waals surface area (Å²) >= 11 is 0. The molecule has 0 bridgehead atoms. The molecule has 4 heteroatoms. The third-order valence-electron chi connectivity index (χ3n) is 2.55. The summed E-state index contributed by atoms with van der Waals surface area (Å²) in [5, 5.41) is 2.79. The molecule has 0 radical (unpaired) electrons. The van der Waals surface area contributed by atoms with E-state index in [0.29, 0.717) is 6.54 Å². The lowest BCUT2D eigenvalue weighted by Crippen LogP contribution is -2.29. The maximum absolute atomic E-state index is 11.9. The molecule has 0 aliphatic rings. The number of benzene rings is 1. The summed E-state index contributed by atoms with van der Waals surface area (Å²) in [7, 11) is -2.99. The summed E-state index contributed by atoms with van der Waals surface area (Å²) in [6.45, 7) is 6.07. The van der Waals surface area contributed by atoms with Crippen LogP contribution in [0.2, 0.25) is 0 Å². The lowest BCUT2D eigenvalue weighted by atomic mass is 10.3. The second-order valence-electron chi connectivity index (χ2n) is 4.78. The van der Waals surface area contributed by atoms with Crippen LogP contribution >= 0.6 is 0 Å². The fraction of sp³-hybridized carbons (Fsp3) is 0.538. The third kappa shape index (κ3) is 4.77. The van der Waals surface area contributed by atoms with Gasteiger partial charge in [-0.3, -0.25) is 0 Å². The van der Waals surface area contributed by atoms with Crippen molar-refractivity contribution in [2.24, 2.45) is 5.92 Å². The third-order valence-corrected chi connectivity index (χ3v) is 5.07. The van der Waals surface area contributed by atoms with E-state index in [4.69, 9.17) is 0 Å². The first-order chi connectivity index (χ1) is 7.92. The Morgan fingerprint density at radius 1 is 1.12 bits per heavy atom. The minimum atomic E-state index is -2.99. The normalized spacial score (nSPS) is 13.6. The standard InChI is InChI=1S/C13H21NO2S/c1-11(2)10-17(15,16)12(3)9-14-13-7-5-4-6-8-13/h4-8,11-12,14H,9-10H2,1-3H3. The highest BCUT2D eigenvalue weighted by molar-refractivity contribution is 7.92. The van der Waals surface area contributed by atoms with Gasteiger partial charge in [-0.25, -0.2) is 8.42 Å². The monoisotopic (exact) mass is 255 g/mol. The van der Waals surface area contributed by atoms with E-state index in [-0.39, 0.29) is 16.9 Å². The molecule has 0 spiro atoms. The first kappa shape index (κ1) is 14.0. The van der Waals surface area contributed by atoms with E-state index in [1.165, 1.54) is 0 Å². The van der Waals surface area contributed by atoms with Crippen LogP contribution in [0.4, 0.5) is 5.69 Å². The van der Waals surface area contributed by atoms with Gasteiger partial charge in [-0.15, -0.1) is 0 Å². The molecule has 1 unspecified atom stereocenters. The highest BCUT2D eigenvalue weighted by Gasteiger charge is 2.21. The molecule has 0 aromatic heterocycles. The van der Waals surface area contributed by atoms with E-state index in [9.17, 15) is 8.42 Å². The van der Waals surface area contributed by atoms with Crippen molar-refractivity contribution in [2.45, 2.75) is 26.0 Å². The van der Waals surface area contributed by atoms with Crippen molar-refractivity contribution in [3.05, 3.63) is 30.3 Å². The Morgan fingerprint density at radius 2 is 1.71 bits per heavy atom. The van der Waals surface area contributed by atoms with Crippen molar-refractivity contribution in [1.82, 2.24) is 0 Å². The van der Waals surface area contributed by atoms with Gasteiger partial charge in [-0.05, 0) is 25.0 Å². The number of rotatable bonds is 6. The average molecular weight is 255 g/mol. The Bertz CT molecular complexity index is 426. The number of hydrogen-bond acceptors (Lipinski definition) is 3. The largest absolute Gasteiger partial charge is 0.384 e. The predicted octanol–water partition coefficient (Wildman–Crippen LogP) is 2.56. The average Bonchev–Trinajstić information content (AvgIpc) is 2.25. The van der Waals surface area contributed by atoms with Gasteiger partial charge in [0.15, 0.2) is 9.84 Å². The molecule has 1 atom stereocenters. The van der Waals surface area contributed by atoms with Gasteiger partial charge in [-0.2, -0.15) is 0 Å². The smallest absolute Gasteiger partial charge is 0.154 e. The van der Waals surface area contributed by atoms with Crippen LogP contribution in [-0.2, 0) is 9.84 Å². The predicted molar refractivity (Wildman–Crippen MR) is 73.0 cm³/mol. The number of para-hydroxylation sites is 1. The summed E-state index contributed by atoms with van der Waals surface area (Å²) in [5.41, 5.74) is 0.957. The van der Waals surface area contributed by atoms with Gasteiger partial charge in [0.25, 0.3) is 0 Å². The Kier molecular flexibility index (Phi) is 5.00. The van der Waals surface area contributed by atoms with E-state index < -0.39 is 9.84 Å². The molecule has 0 heterocycles. The molecule has 1 rings (SSSR count). The molecule has 1 aromatic rings. The highest BCUT2D eigenvalue weighted by atomic mass is 32.2. The van der Waals surface area contributed by atoms with E-state index >= 15 is 0 Å². The first-order valence-corrected chi connectivity index (χ1v) is 7.64. The number of nitrogens with one attached hydrogen (secondary N) is 1. The zero-order chi connectivity index (χ0) is 12.9. The van der Waals surface area contributed by atoms with Gasteiger partial charge in [0, 0.05) is 12.2 Å². The van der Waals surface area contributed by atoms with Gasteiger partial charge in [-0.1, -0.05) is 32.0 Å². The zero-order valence-corrected chi connectivity index (χ0v) is 11.5. The van der Waals surface area contributed by atoms with Gasteiger partial charge in [0.2, 0.25) is 0 Å². The van der Waals surface area contributed by atoms with Crippen LogP contribution in [0, 0.1) is 5.92 Å². The first-order valence-electron chi connectivity index (χ1n) is 5.92. The molecule has 0 aliphatic carbocycles. The van der Waals surface area contributed by atoms with Gasteiger partial charge in [0.05, 0.1) is 11.0 Å². The summed E-state index contributed by atoms with van der Waals surface area (Å²) in [6.07, 6.45) is 0. The lowest BCUT2D eigenvalue weighted by molar-refractivity contribution is 0.572. The second-order valence-corrected chi connectivity index (χ2v) is 7.24. The maximum Gasteiger partial charge on any atom is 0.154 e. The van der Waals surface area contributed by atoms with Crippen molar-refractivity contribution in [2.75, 3.05) is 17.6 Å². The van der Waals surface area contributed by atoms with E-state index in [1.807, 2.05) is 44.2 Å². The van der Waals surface area contributed by atoms with Crippen LogP contribution in [0.5, 0.6) is 0 Å². The minimum absolute atomic E-state index is 0.180. The summed E-state index contributed by atoms with van der Waals surface area (Å²) in [5.74, 6) is 0.434. The van der Waals surface area contributed by atoms with E-state index in [0.717, 1.165) is 5.69 Å². The molecule has 3 nitrogen and oxygen atoms in total. The van der Waals surface area contributed by atoms with Crippen molar-refractivity contribution >= 4 is 15.5 Å². The van der Waals surface area contributed by atoms with Crippen molar-refractivity contribution < 1.29 is 8.42 Å². The lowest BCUT2D eigenvalue weighted by Gasteiger charge is -2.15.